The molecule has 2 aromatic rings. The fourth-order valence-electron chi connectivity index (χ4n) is 2.15. The topological polar surface area (TPSA) is 36.1 Å². The molecule has 0 N–H and O–H groups in total. The number of rotatable bonds is 2. The predicted molar refractivity (Wildman–Crippen MR) is 79.0 cm³/mol. The number of aliphatic imine (C=N–C) groups is 1. The highest BCUT2D eigenvalue weighted by molar-refractivity contribution is 8.00. The van der Waals surface area contributed by atoms with Gasteiger partial charge >= 0.3 is 0 Å². The van der Waals surface area contributed by atoms with Crippen LogP contribution in [-0.4, -0.2) is 11.5 Å². The fourth-order valence-corrected chi connectivity index (χ4v) is 3.13. The third-order valence-corrected chi connectivity index (χ3v) is 4.27. The van der Waals surface area contributed by atoms with Crippen LogP contribution in [0.2, 0.25) is 0 Å². The summed E-state index contributed by atoms with van der Waals surface area (Å²) in [5, 5.41) is 9.42. The molecule has 1 unspecified atom stereocenters. The van der Waals surface area contributed by atoms with Gasteiger partial charge in [-0.3, -0.25) is 4.99 Å². The van der Waals surface area contributed by atoms with Crippen LogP contribution in [0.25, 0.3) is 0 Å². The molecule has 0 fully saturated rings. The van der Waals surface area contributed by atoms with Crippen molar-refractivity contribution in [1.29, 1.82) is 5.26 Å². The van der Waals surface area contributed by atoms with Gasteiger partial charge in [-0.2, -0.15) is 5.26 Å². The van der Waals surface area contributed by atoms with E-state index in [0.29, 0.717) is 5.75 Å². The molecule has 1 heterocycles. The number of hydrogen-bond donors (Lipinski definition) is 0. The summed E-state index contributed by atoms with van der Waals surface area (Å²) < 4.78 is 13.0. The second kappa shape index (κ2) is 5.48. The maximum atomic E-state index is 13.0. The normalized spacial score (nSPS) is 14.9. The molecule has 3 rings (SSSR count). The summed E-state index contributed by atoms with van der Waals surface area (Å²) in [6.45, 7) is 0. The van der Waals surface area contributed by atoms with Gasteiger partial charge in [-0.15, -0.1) is 11.8 Å². The zero-order chi connectivity index (χ0) is 13.9. The lowest BCUT2D eigenvalue weighted by atomic mass is 9.96. The number of nitrogens with zero attached hydrogens (tertiary/aromatic N) is 2. The van der Waals surface area contributed by atoms with Crippen LogP contribution in [0.5, 0.6) is 0 Å². The fraction of sp³-hybridized carbons (Fsp3) is 0.125. The first-order chi connectivity index (χ1) is 9.78. The van der Waals surface area contributed by atoms with Gasteiger partial charge < -0.3 is 0 Å². The van der Waals surface area contributed by atoms with Crippen LogP contribution < -0.4 is 0 Å². The molecule has 0 saturated carbocycles. The van der Waals surface area contributed by atoms with Gasteiger partial charge in [0, 0.05) is 10.6 Å². The number of fused-ring (bicyclic) bond motifs is 1. The van der Waals surface area contributed by atoms with Gasteiger partial charge in [-0.25, -0.2) is 4.39 Å². The van der Waals surface area contributed by atoms with E-state index in [1.54, 1.807) is 23.9 Å². The third kappa shape index (κ3) is 2.45. The maximum Gasteiger partial charge on any atom is 0.123 e. The minimum Gasteiger partial charge on any atom is -0.254 e. The van der Waals surface area contributed by atoms with Gasteiger partial charge in [0.25, 0.3) is 0 Å². The van der Waals surface area contributed by atoms with Crippen molar-refractivity contribution in [3.05, 3.63) is 59.9 Å². The van der Waals surface area contributed by atoms with E-state index in [0.717, 1.165) is 21.9 Å². The highest BCUT2D eigenvalue weighted by Crippen LogP contribution is 2.36. The lowest BCUT2D eigenvalue weighted by Crippen LogP contribution is -2.15. The van der Waals surface area contributed by atoms with Gasteiger partial charge in [0.1, 0.15) is 11.7 Å². The number of halogens is 1. The SMILES string of the molecule is N#CC(C1=Nc2ccccc2SC1)c1ccc(F)cc1. The molecule has 0 spiro atoms. The van der Waals surface area contributed by atoms with Crippen molar-refractivity contribution < 1.29 is 4.39 Å². The minimum absolute atomic E-state index is 0.296. The van der Waals surface area contributed by atoms with Crippen molar-refractivity contribution in [3.8, 4) is 6.07 Å². The Bertz CT molecular complexity index is 701. The molecule has 0 radical (unpaired) electrons. The van der Waals surface area contributed by atoms with Crippen molar-refractivity contribution in [3.63, 3.8) is 0 Å². The van der Waals surface area contributed by atoms with Crippen LogP contribution in [0, 0.1) is 17.1 Å². The molecule has 4 heteroatoms. The smallest absolute Gasteiger partial charge is 0.123 e. The quantitative estimate of drug-likeness (QED) is 0.822. The largest absolute Gasteiger partial charge is 0.254 e. The summed E-state index contributed by atoms with van der Waals surface area (Å²) in [6, 6.07) is 16.2. The molecule has 0 amide bonds. The molecule has 2 nitrogen and oxygen atoms in total. The Kier molecular flexibility index (Phi) is 3.53. The average molecular weight is 282 g/mol. The Balaban J connectivity index is 1.97. The summed E-state index contributed by atoms with van der Waals surface area (Å²) in [4.78, 5) is 5.73. The number of nitriles is 1. The zero-order valence-corrected chi connectivity index (χ0v) is 11.4. The molecule has 0 bridgehead atoms. The van der Waals surface area contributed by atoms with Crippen LogP contribution >= 0.6 is 11.8 Å². The second-order valence-electron chi connectivity index (χ2n) is 4.47. The van der Waals surface area contributed by atoms with E-state index in [1.165, 1.54) is 12.1 Å². The lowest BCUT2D eigenvalue weighted by molar-refractivity contribution is 0.627. The van der Waals surface area contributed by atoms with Crippen LogP contribution in [0.3, 0.4) is 0 Å². The first-order valence-corrected chi connectivity index (χ1v) is 7.21. The lowest BCUT2D eigenvalue weighted by Gasteiger charge is -2.18. The van der Waals surface area contributed by atoms with Crippen LogP contribution in [0.4, 0.5) is 10.1 Å². The monoisotopic (exact) mass is 282 g/mol. The highest BCUT2D eigenvalue weighted by Gasteiger charge is 2.22. The number of para-hydroxylation sites is 1. The zero-order valence-electron chi connectivity index (χ0n) is 10.6. The minimum atomic E-state index is -0.420. The number of hydrogen-bond acceptors (Lipinski definition) is 3. The van der Waals surface area contributed by atoms with E-state index in [2.05, 4.69) is 11.1 Å². The Morgan fingerprint density at radius 2 is 1.90 bits per heavy atom. The first-order valence-electron chi connectivity index (χ1n) is 6.22. The van der Waals surface area contributed by atoms with Crippen molar-refractivity contribution in [2.24, 2.45) is 4.99 Å². The summed E-state index contributed by atoms with van der Waals surface area (Å²) in [5.74, 6) is -0.0284. The Labute approximate surface area is 121 Å². The molecular formula is C16H11FN2S. The van der Waals surface area contributed by atoms with Gasteiger partial charge in [0.2, 0.25) is 0 Å². The van der Waals surface area contributed by atoms with Crippen molar-refractivity contribution in [2.75, 3.05) is 5.75 Å². The molecule has 0 aromatic heterocycles. The van der Waals surface area contributed by atoms with Crippen LogP contribution in [0.1, 0.15) is 11.5 Å². The molecule has 1 atom stereocenters. The third-order valence-electron chi connectivity index (χ3n) is 3.17. The number of thioether (sulfide) groups is 1. The first kappa shape index (κ1) is 12.9. The van der Waals surface area contributed by atoms with Gasteiger partial charge in [-0.05, 0) is 29.8 Å². The van der Waals surface area contributed by atoms with E-state index >= 15 is 0 Å². The van der Waals surface area contributed by atoms with Crippen LogP contribution in [-0.2, 0) is 0 Å². The van der Waals surface area contributed by atoms with E-state index in [1.807, 2.05) is 24.3 Å². The van der Waals surface area contributed by atoms with E-state index in [-0.39, 0.29) is 5.82 Å². The molecule has 1 aliphatic rings. The van der Waals surface area contributed by atoms with E-state index in [4.69, 9.17) is 0 Å². The highest BCUT2D eigenvalue weighted by atomic mass is 32.2. The second-order valence-corrected chi connectivity index (χ2v) is 5.49. The van der Waals surface area contributed by atoms with Crippen LogP contribution in [0.15, 0.2) is 58.4 Å². The van der Waals surface area contributed by atoms with Crippen molar-refractivity contribution >= 4 is 23.2 Å². The van der Waals surface area contributed by atoms with E-state index < -0.39 is 5.92 Å². The standard InChI is InChI=1S/C16H11FN2S/c17-12-7-5-11(6-8-12)13(9-18)15-10-20-16-4-2-1-3-14(16)19-15/h1-8,13H,10H2. The van der Waals surface area contributed by atoms with Gasteiger partial charge in [0.05, 0.1) is 17.5 Å². The molecular weight excluding hydrogens is 271 g/mol. The average Bonchev–Trinajstić information content (AvgIpc) is 2.50. The summed E-state index contributed by atoms with van der Waals surface area (Å²) in [6.07, 6.45) is 0. The van der Waals surface area contributed by atoms with Gasteiger partial charge in [-0.1, -0.05) is 24.3 Å². The number of benzene rings is 2. The van der Waals surface area contributed by atoms with Gasteiger partial charge in [0.15, 0.2) is 0 Å². The molecule has 0 aliphatic carbocycles. The molecule has 20 heavy (non-hydrogen) atoms. The molecule has 2 aromatic carbocycles. The molecule has 98 valence electrons. The summed E-state index contributed by atoms with van der Waals surface area (Å²) >= 11 is 1.68. The predicted octanol–water partition coefficient (Wildman–Crippen LogP) is 4.31. The Morgan fingerprint density at radius 1 is 1.15 bits per heavy atom. The molecule has 1 aliphatic heterocycles. The van der Waals surface area contributed by atoms with Crippen molar-refractivity contribution in [1.82, 2.24) is 0 Å². The van der Waals surface area contributed by atoms with E-state index in [9.17, 15) is 9.65 Å². The maximum absolute atomic E-state index is 13.0. The summed E-state index contributed by atoms with van der Waals surface area (Å²) in [5.41, 5.74) is 2.51. The Hall–Kier alpha value is -2.12. The Morgan fingerprint density at radius 3 is 2.65 bits per heavy atom. The molecule has 0 saturated heterocycles. The van der Waals surface area contributed by atoms with Crippen molar-refractivity contribution in [2.45, 2.75) is 10.8 Å². The summed E-state index contributed by atoms with van der Waals surface area (Å²) in [7, 11) is 0.